The highest BCUT2D eigenvalue weighted by Gasteiger charge is 1.94. The lowest BCUT2D eigenvalue weighted by molar-refractivity contribution is 0.196. The lowest BCUT2D eigenvalue weighted by Crippen LogP contribution is -2.30. The van der Waals surface area contributed by atoms with Crippen LogP contribution < -0.4 is 11.3 Å². The highest BCUT2D eigenvalue weighted by Crippen LogP contribution is 1.90. The molecule has 0 aliphatic rings. The van der Waals surface area contributed by atoms with E-state index in [1.165, 1.54) is 0 Å². The molecule has 0 aromatic rings. The SMILES string of the molecule is CCN=C(CCCOC)NN. The minimum Gasteiger partial charge on any atom is -0.385 e. The minimum atomic E-state index is 0.754. The molecule has 0 spiro atoms. The fourth-order valence-corrected chi connectivity index (χ4v) is 0.772. The topological polar surface area (TPSA) is 59.6 Å². The molecule has 4 nitrogen and oxygen atoms in total. The van der Waals surface area contributed by atoms with E-state index in [4.69, 9.17) is 10.6 Å². The Kier molecular flexibility index (Phi) is 7.08. The largest absolute Gasteiger partial charge is 0.385 e. The van der Waals surface area contributed by atoms with Crippen molar-refractivity contribution >= 4 is 5.84 Å². The van der Waals surface area contributed by atoms with Crippen LogP contribution in [0.25, 0.3) is 0 Å². The molecule has 4 heteroatoms. The third-order valence-electron chi connectivity index (χ3n) is 1.28. The van der Waals surface area contributed by atoms with Crippen molar-refractivity contribution in [2.45, 2.75) is 19.8 Å². The first-order valence-corrected chi connectivity index (χ1v) is 3.84. The Morgan fingerprint density at radius 2 is 2.36 bits per heavy atom. The summed E-state index contributed by atoms with van der Waals surface area (Å²) in [5.41, 5.74) is 2.56. The number of hydrogen-bond donors (Lipinski definition) is 2. The highest BCUT2D eigenvalue weighted by molar-refractivity contribution is 5.81. The molecule has 0 saturated heterocycles. The molecule has 0 aromatic carbocycles. The molecule has 3 N–H and O–H groups in total. The van der Waals surface area contributed by atoms with Crippen LogP contribution in [-0.4, -0.2) is 26.1 Å². The molecule has 11 heavy (non-hydrogen) atoms. The zero-order valence-corrected chi connectivity index (χ0v) is 7.26. The van der Waals surface area contributed by atoms with Crippen LogP contribution >= 0.6 is 0 Å². The molecule has 66 valence electrons. The van der Waals surface area contributed by atoms with Gasteiger partial charge in [-0.3, -0.25) is 4.99 Å². The van der Waals surface area contributed by atoms with Crippen molar-refractivity contribution in [3.63, 3.8) is 0 Å². The summed E-state index contributed by atoms with van der Waals surface area (Å²) in [5, 5.41) is 0. The summed E-state index contributed by atoms with van der Waals surface area (Å²) in [7, 11) is 1.69. The van der Waals surface area contributed by atoms with Gasteiger partial charge in [0.15, 0.2) is 0 Å². The Morgan fingerprint density at radius 1 is 1.64 bits per heavy atom. The third-order valence-corrected chi connectivity index (χ3v) is 1.28. The summed E-state index contributed by atoms with van der Waals surface area (Å²) in [4.78, 5) is 4.14. The first-order valence-electron chi connectivity index (χ1n) is 3.84. The van der Waals surface area contributed by atoms with Crippen molar-refractivity contribution in [1.29, 1.82) is 0 Å². The van der Waals surface area contributed by atoms with Crippen LogP contribution in [0.15, 0.2) is 4.99 Å². The van der Waals surface area contributed by atoms with Crippen molar-refractivity contribution in [2.75, 3.05) is 20.3 Å². The predicted octanol–water partition coefficient (Wildman–Crippen LogP) is 0.295. The van der Waals surface area contributed by atoms with Gasteiger partial charge in [-0.2, -0.15) is 0 Å². The molecule has 0 rings (SSSR count). The number of aliphatic imine (C=N–C) groups is 1. The standard InChI is InChI=1S/C7H17N3O/c1-3-9-7(10-8)5-4-6-11-2/h3-6,8H2,1-2H3,(H,9,10). The van der Waals surface area contributed by atoms with Crippen molar-refractivity contribution in [2.24, 2.45) is 10.8 Å². The number of methoxy groups -OCH3 is 1. The molecule has 0 heterocycles. The Hall–Kier alpha value is -0.610. The van der Waals surface area contributed by atoms with Crippen LogP contribution in [-0.2, 0) is 4.74 Å². The third kappa shape index (κ3) is 5.82. The van der Waals surface area contributed by atoms with Crippen LogP contribution in [0, 0.1) is 0 Å². The smallest absolute Gasteiger partial charge is 0.110 e. The van der Waals surface area contributed by atoms with Crippen molar-refractivity contribution < 1.29 is 4.74 Å². The summed E-state index contributed by atoms with van der Waals surface area (Å²) in [5.74, 6) is 6.07. The van der Waals surface area contributed by atoms with Gasteiger partial charge >= 0.3 is 0 Å². The van der Waals surface area contributed by atoms with E-state index in [1.807, 2.05) is 6.92 Å². The van der Waals surface area contributed by atoms with Gasteiger partial charge in [0.1, 0.15) is 5.84 Å². The van der Waals surface area contributed by atoms with Crippen LogP contribution in [0.4, 0.5) is 0 Å². The number of ether oxygens (including phenoxy) is 1. The fraction of sp³-hybridized carbons (Fsp3) is 0.857. The van der Waals surface area contributed by atoms with E-state index in [9.17, 15) is 0 Å². The first-order chi connectivity index (χ1) is 5.35. The van der Waals surface area contributed by atoms with Crippen molar-refractivity contribution in [3.8, 4) is 0 Å². The second-order valence-electron chi connectivity index (χ2n) is 2.16. The van der Waals surface area contributed by atoms with E-state index in [0.29, 0.717) is 0 Å². The van der Waals surface area contributed by atoms with Gasteiger partial charge in [-0.1, -0.05) is 0 Å². The average molecular weight is 159 g/mol. The number of hydrazine groups is 1. The van der Waals surface area contributed by atoms with Crippen molar-refractivity contribution in [1.82, 2.24) is 5.43 Å². The Labute approximate surface area is 67.8 Å². The van der Waals surface area contributed by atoms with Gasteiger partial charge in [0.2, 0.25) is 0 Å². The predicted molar refractivity (Wildman–Crippen MR) is 46.4 cm³/mol. The van der Waals surface area contributed by atoms with E-state index in [2.05, 4.69) is 10.4 Å². The van der Waals surface area contributed by atoms with Gasteiger partial charge < -0.3 is 10.2 Å². The number of nitrogens with zero attached hydrogens (tertiary/aromatic N) is 1. The van der Waals surface area contributed by atoms with Crippen LogP contribution in [0.3, 0.4) is 0 Å². The molecule has 0 unspecified atom stereocenters. The van der Waals surface area contributed by atoms with Crippen LogP contribution in [0.5, 0.6) is 0 Å². The average Bonchev–Trinajstić information content (AvgIpc) is 2.03. The molecular formula is C7H17N3O. The first kappa shape index (κ1) is 10.4. The molecule has 0 fully saturated rings. The molecule has 0 aromatic heterocycles. The summed E-state index contributed by atoms with van der Waals surface area (Å²) in [6.07, 6.45) is 1.82. The second-order valence-corrected chi connectivity index (χ2v) is 2.16. The number of nitrogens with two attached hydrogens (primary N) is 1. The second kappa shape index (κ2) is 7.50. The van der Waals surface area contributed by atoms with E-state index >= 15 is 0 Å². The maximum Gasteiger partial charge on any atom is 0.110 e. The summed E-state index contributed by atoms with van der Waals surface area (Å²) in [6, 6.07) is 0. The lowest BCUT2D eigenvalue weighted by Gasteiger charge is -2.03. The van der Waals surface area contributed by atoms with Crippen LogP contribution in [0.2, 0.25) is 0 Å². The molecule has 0 saturated carbocycles. The summed E-state index contributed by atoms with van der Waals surface area (Å²) in [6.45, 7) is 3.50. The highest BCUT2D eigenvalue weighted by atomic mass is 16.5. The van der Waals surface area contributed by atoms with E-state index < -0.39 is 0 Å². The number of amidine groups is 1. The monoisotopic (exact) mass is 159 g/mol. The normalized spacial score (nSPS) is 11.7. The maximum absolute atomic E-state index is 5.22. The fourth-order valence-electron chi connectivity index (χ4n) is 0.772. The molecule has 0 radical (unpaired) electrons. The number of nitrogens with one attached hydrogen (secondary N) is 1. The Bertz CT molecular complexity index is 114. The number of hydrogen-bond acceptors (Lipinski definition) is 3. The molecule has 0 aliphatic heterocycles. The van der Waals surface area contributed by atoms with Gasteiger partial charge in [-0.05, 0) is 13.3 Å². The molecule has 0 amide bonds. The summed E-state index contributed by atoms with van der Waals surface area (Å²) < 4.78 is 4.89. The van der Waals surface area contributed by atoms with Crippen LogP contribution in [0.1, 0.15) is 19.8 Å². The lowest BCUT2D eigenvalue weighted by atomic mass is 10.3. The molecule has 0 aliphatic carbocycles. The molecule has 0 bridgehead atoms. The quantitative estimate of drug-likeness (QED) is 0.199. The van der Waals surface area contributed by atoms with Gasteiger partial charge in [-0.25, -0.2) is 5.84 Å². The maximum atomic E-state index is 5.22. The van der Waals surface area contributed by atoms with Gasteiger partial charge in [-0.15, -0.1) is 0 Å². The van der Waals surface area contributed by atoms with Gasteiger partial charge in [0, 0.05) is 26.7 Å². The van der Waals surface area contributed by atoms with Gasteiger partial charge in [0.05, 0.1) is 0 Å². The molecule has 0 atom stereocenters. The minimum absolute atomic E-state index is 0.754. The Balaban J connectivity index is 3.44. The van der Waals surface area contributed by atoms with Crippen molar-refractivity contribution in [3.05, 3.63) is 0 Å². The van der Waals surface area contributed by atoms with E-state index in [1.54, 1.807) is 7.11 Å². The van der Waals surface area contributed by atoms with E-state index in [0.717, 1.165) is 31.8 Å². The number of rotatable bonds is 5. The van der Waals surface area contributed by atoms with Gasteiger partial charge in [0.25, 0.3) is 0 Å². The zero-order valence-electron chi connectivity index (χ0n) is 7.26. The van der Waals surface area contributed by atoms with E-state index in [-0.39, 0.29) is 0 Å². The molecular weight excluding hydrogens is 142 g/mol. The zero-order chi connectivity index (χ0) is 8.53. The Morgan fingerprint density at radius 3 is 2.82 bits per heavy atom. The summed E-state index contributed by atoms with van der Waals surface area (Å²) >= 11 is 0.